The second-order valence-electron chi connectivity index (χ2n) is 7.82. The zero-order chi connectivity index (χ0) is 22.3. The van der Waals surface area contributed by atoms with Gasteiger partial charge in [-0.15, -0.1) is 0 Å². The molecule has 13 heteroatoms. The number of rotatable bonds is 6. The van der Waals surface area contributed by atoms with Crippen LogP contribution in [0.15, 0.2) is 12.1 Å². The Labute approximate surface area is 184 Å². The normalized spacial score (nSPS) is 22.5. The predicted octanol–water partition coefficient (Wildman–Crippen LogP) is 0.942. The van der Waals surface area contributed by atoms with Crippen LogP contribution in [0.4, 0.5) is 25.0 Å². The van der Waals surface area contributed by atoms with Crippen LogP contribution in [0, 0.1) is 17.6 Å². The van der Waals surface area contributed by atoms with Gasteiger partial charge in [-0.2, -0.15) is 12.7 Å². The molecule has 0 bridgehead atoms. The maximum Gasteiger partial charge on any atom is 0.414 e. The van der Waals surface area contributed by atoms with Gasteiger partial charge >= 0.3 is 6.09 Å². The Kier molecular flexibility index (Phi) is 6.03. The van der Waals surface area contributed by atoms with Gasteiger partial charge in [0.15, 0.2) is 11.6 Å². The Hall–Kier alpha value is -2.09. The highest BCUT2D eigenvalue weighted by Gasteiger charge is 2.35. The molecule has 3 fully saturated rings. The Morgan fingerprint density at radius 1 is 1.19 bits per heavy atom. The second kappa shape index (κ2) is 8.45. The lowest BCUT2D eigenvalue weighted by atomic mass is 10.2. The molecule has 3 aliphatic rings. The minimum absolute atomic E-state index is 0.0231. The molecule has 1 amide bonds. The average Bonchev–Trinajstić information content (AvgIpc) is 3.48. The number of benzene rings is 1. The third-order valence-corrected chi connectivity index (χ3v) is 7.12. The van der Waals surface area contributed by atoms with Gasteiger partial charge in [-0.1, -0.05) is 12.2 Å². The first kappa shape index (κ1) is 22.1. The lowest BCUT2D eigenvalue weighted by Gasteiger charge is -2.34. The maximum atomic E-state index is 14.8. The maximum absolute atomic E-state index is 14.8. The minimum atomic E-state index is -3.84. The summed E-state index contributed by atoms with van der Waals surface area (Å²) in [4.78, 5) is 15.6. The standard InChI is InChI=1S/C18H23F2N5O4S2/c19-14-7-12(25-10-13(29-18(25)26)9-22-17(30)11-1-2-11)8-15(20)16(14)23-3-5-24(6-4-23)31(21,27)28/h7-8,11,13H,1-6,9-10H2,(H,22,30)(H2,21,27,28)/t13-/m0/s1. The molecule has 1 saturated carbocycles. The summed E-state index contributed by atoms with van der Waals surface area (Å²) < 4.78 is 58.8. The number of cyclic esters (lactones) is 1. The van der Waals surface area contributed by atoms with Crippen LogP contribution in [0.2, 0.25) is 0 Å². The van der Waals surface area contributed by atoms with Crippen molar-refractivity contribution in [3.05, 3.63) is 23.8 Å². The fourth-order valence-corrected chi connectivity index (χ4v) is 4.71. The van der Waals surface area contributed by atoms with Crippen molar-refractivity contribution in [2.24, 2.45) is 11.1 Å². The van der Waals surface area contributed by atoms with E-state index in [2.05, 4.69) is 5.32 Å². The zero-order valence-corrected chi connectivity index (χ0v) is 18.2. The van der Waals surface area contributed by atoms with E-state index in [1.54, 1.807) is 0 Å². The summed E-state index contributed by atoms with van der Waals surface area (Å²) in [5, 5.41) is 8.18. The number of thiocarbonyl (C=S) groups is 1. The Balaban J connectivity index is 1.42. The van der Waals surface area contributed by atoms with Gasteiger partial charge < -0.3 is 15.0 Å². The molecule has 9 nitrogen and oxygen atoms in total. The monoisotopic (exact) mass is 475 g/mol. The third kappa shape index (κ3) is 4.89. The Bertz CT molecular complexity index is 974. The van der Waals surface area contributed by atoms with Crippen molar-refractivity contribution < 1.29 is 26.7 Å². The van der Waals surface area contributed by atoms with Crippen molar-refractivity contribution in [2.45, 2.75) is 18.9 Å². The zero-order valence-electron chi connectivity index (χ0n) is 16.6. The summed E-state index contributed by atoms with van der Waals surface area (Å²) in [5.41, 5.74) is -0.211. The van der Waals surface area contributed by atoms with Crippen LogP contribution in [0.25, 0.3) is 0 Å². The summed E-state index contributed by atoms with van der Waals surface area (Å²) in [6.07, 6.45) is 0.952. The molecule has 0 radical (unpaired) electrons. The molecule has 1 aliphatic carbocycles. The topological polar surface area (TPSA) is 108 Å². The molecule has 2 heterocycles. The smallest absolute Gasteiger partial charge is 0.414 e. The number of nitrogens with zero attached hydrogens (tertiary/aromatic N) is 3. The van der Waals surface area contributed by atoms with E-state index in [0.29, 0.717) is 12.5 Å². The van der Waals surface area contributed by atoms with Gasteiger partial charge in [0, 0.05) is 44.2 Å². The average molecular weight is 476 g/mol. The van der Waals surface area contributed by atoms with Gasteiger partial charge in [-0.25, -0.2) is 18.7 Å². The first-order chi connectivity index (χ1) is 14.6. The van der Waals surface area contributed by atoms with Gasteiger partial charge in [0.25, 0.3) is 10.2 Å². The van der Waals surface area contributed by atoms with Gasteiger partial charge in [-0.3, -0.25) is 4.90 Å². The third-order valence-electron chi connectivity index (χ3n) is 5.55. The van der Waals surface area contributed by atoms with E-state index in [0.717, 1.165) is 34.3 Å². The van der Waals surface area contributed by atoms with Gasteiger partial charge in [-0.05, 0) is 12.8 Å². The number of nitrogens with two attached hydrogens (primary N) is 1. The largest absolute Gasteiger partial charge is 0.442 e. The van der Waals surface area contributed by atoms with Crippen molar-refractivity contribution >= 4 is 44.9 Å². The quantitative estimate of drug-likeness (QED) is 0.590. The first-order valence-electron chi connectivity index (χ1n) is 9.91. The van der Waals surface area contributed by atoms with E-state index in [1.165, 1.54) is 9.80 Å². The molecule has 1 atom stereocenters. The van der Waals surface area contributed by atoms with Crippen molar-refractivity contribution in [2.75, 3.05) is 49.1 Å². The summed E-state index contributed by atoms with van der Waals surface area (Å²) >= 11 is 5.25. The number of carbonyl (C=O) groups is 1. The van der Waals surface area contributed by atoms with Crippen molar-refractivity contribution in [1.29, 1.82) is 0 Å². The predicted molar refractivity (Wildman–Crippen MR) is 114 cm³/mol. The second-order valence-corrected chi connectivity index (χ2v) is 9.81. The number of hydrogen-bond donors (Lipinski definition) is 2. The van der Waals surface area contributed by atoms with Gasteiger partial charge in [0.2, 0.25) is 0 Å². The summed E-state index contributed by atoms with van der Waals surface area (Å²) in [5.74, 6) is -1.29. The van der Waals surface area contributed by atoms with Crippen LogP contribution in [-0.2, 0) is 14.9 Å². The van der Waals surface area contributed by atoms with E-state index in [4.69, 9.17) is 22.1 Å². The van der Waals surface area contributed by atoms with Crippen LogP contribution in [0.3, 0.4) is 0 Å². The van der Waals surface area contributed by atoms with Crippen LogP contribution in [-0.4, -0.2) is 69.2 Å². The van der Waals surface area contributed by atoms with E-state index in [-0.39, 0.29) is 44.1 Å². The van der Waals surface area contributed by atoms with Crippen LogP contribution in [0.5, 0.6) is 0 Å². The molecule has 4 rings (SSSR count). The van der Waals surface area contributed by atoms with E-state index >= 15 is 0 Å². The molecule has 1 aromatic carbocycles. The lowest BCUT2D eigenvalue weighted by Crippen LogP contribution is -2.51. The van der Waals surface area contributed by atoms with E-state index < -0.39 is 34.0 Å². The van der Waals surface area contributed by atoms with Crippen LogP contribution in [0.1, 0.15) is 12.8 Å². The molecule has 0 spiro atoms. The summed E-state index contributed by atoms with van der Waals surface area (Å²) in [6.45, 7) is 0.706. The van der Waals surface area contributed by atoms with Crippen LogP contribution < -0.4 is 20.3 Å². The highest BCUT2D eigenvalue weighted by atomic mass is 32.2. The Morgan fingerprint density at radius 2 is 1.81 bits per heavy atom. The number of halogens is 2. The SMILES string of the molecule is NS(=O)(=O)N1CCN(c2c(F)cc(N3C[C@H](CNC(=S)C4CC4)OC3=O)cc2F)CC1. The van der Waals surface area contributed by atoms with Crippen molar-refractivity contribution in [3.63, 3.8) is 0 Å². The fourth-order valence-electron chi connectivity index (χ4n) is 3.72. The van der Waals surface area contributed by atoms with Crippen molar-refractivity contribution in [3.8, 4) is 0 Å². The summed E-state index contributed by atoms with van der Waals surface area (Å²) in [6, 6.07) is 2.16. The molecular weight excluding hydrogens is 452 g/mol. The highest BCUT2D eigenvalue weighted by Crippen LogP contribution is 2.32. The van der Waals surface area contributed by atoms with Crippen molar-refractivity contribution in [1.82, 2.24) is 9.62 Å². The van der Waals surface area contributed by atoms with E-state index in [9.17, 15) is 22.0 Å². The molecule has 0 aromatic heterocycles. The number of ether oxygens (including phenoxy) is 1. The molecule has 2 aliphatic heterocycles. The number of anilines is 2. The molecule has 2 saturated heterocycles. The molecule has 0 unspecified atom stereocenters. The number of piperazine rings is 1. The number of hydrogen-bond acceptors (Lipinski definition) is 6. The lowest BCUT2D eigenvalue weighted by molar-refractivity contribution is 0.143. The molecular formula is C18H23F2N5O4S2. The summed E-state index contributed by atoms with van der Waals surface area (Å²) in [7, 11) is -3.84. The first-order valence-corrected chi connectivity index (χ1v) is 11.8. The van der Waals surface area contributed by atoms with E-state index in [1.807, 2.05) is 0 Å². The highest BCUT2D eigenvalue weighted by molar-refractivity contribution is 7.86. The Morgan fingerprint density at radius 3 is 2.35 bits per heavy atom. The molecule has 170 valence electrons. The van der Waals surface area contributed by atoms with Gasteiger partial charge in [0.05, 0.1) is 23.8 Å². The molecule has 31 heavy (non-hydrogen) atoms. The molecule has 3 N–H and O–H groups in total. The number of amides is 1. The van der Waals surface area contributed by atoms with Gasteiger partial charge in [0.1, 0.15) is 11.8 Å². The fraction of sp³-hybridized carbons (Fsp3) is 0.556. The molecule has 1 aromatic rings. The van der Waals surface area contributed by atoms with Crippen LogP contribution >= 0.6 is 12.2 Å². The number of nitrogens with one attached hydrogen (secondary N) is 1. The minimum Gasteiger partial charge on any atom is -0.442 e. The number of carbonyl (C=O) groups excluding carboxylic acids is 1.